The Morgan fingerprint density at radius 1 is 1.25 bits per heavy atom. The number of aromatic carboxylic acids is 1. The number of hydrogen-bond acceptors (Lipinski definition) is 4. The van der Waals surface area contributed by atoms with E-state index in [0.717, 1.165) is 10.0 Å². The molecule has 0 aliphatic rings. The molecular weight excluding hydrogens is 376 g/mol. The van der Waals surface area contributed by atoms with Crippen LogP contribution in [0.3, 0.4) is 0 Å². The zero-order chi connectivity index (χ0) is 17.3. The van der Waals surface area contributed by atoms with Crippen LogP contribution < -0.4 is 10.3 Å². The number of rotatable bonds is 4. The Labute approximate surface area is 145 Å². The zero-order valence-corrected chi connectivity index (χ0v) is 14.3. The van der Waals surface area contributed by atoms with Gasteiger partial charge in [-0.3, -0.25) is 4.79 Å². The van der Waals surface area contributed by atoms with Gasteiger partial charge in [-0.25, -0.2) is 9.48 Å². The number of halogens is 1. The van der Waals surface area contributed by atoms with Crippen LogP contribution in [0.15, 0.2) is 51.7 Å². The summed E-state index contributed by atoms with van der Waals surface area (Å²) in [6, 6.07) is 11.9. The first-order valence-corrected chi connectivity index (χ1v) is 7.86. The number of methoxy groups -OCH3 is 1. The fourth-order valence-electron chi connectivity index (χ4n) is 2.48. The molecule has 0 amide bonds. The van der Waals surface area contributed by atoms with E-state index >= 15 is 0 Å². The monoisotopic (exact) mass is 388 g/mol. The van der Waals surface area contributed by atoms with Gasteiger partial charge in [0.1, 0.15) is 5.75 Å². The minimum Gasteiger partial charge on any atom is -0.496 e. The van der Waals surface area contributed by atoms with Crippen LogP contribution in [0.25, 0.3) is 10.8 Å². The standard InChI is InChI=1S/C17H13BrN2O4/c1-24-14-7-6-10(8-13(14)18)9-20-16(21)12-5-3-2-4-11(12)15(19-20)17(22)23/h2-8H,9H2,1H3,(H,22,23). The molecule has 1 N–H and O–H groups in total. The van der Waals surface area contributed by atoms with Crippen LogP contribution in [0, 0.1) is 0 Å². The minimum absolute atomic E-state index is 0.141. The topological polar surface area (TPSA) is 81.4 Å². The lowest BCUT2D eigenvalue weighted by Gasteiger charge is -2.10. The molecule has 0 spiro atoms. The van der Waals surface area contributed by atoms with Crippen molar-refractivity contribution in [2.75, 3.05) is 7.11 Å². The molecule has 0 saturated carbocycles. The molecule has 24 heavy (non-hydrogen) atoms. The Hall–Kier alpha value is -2.67. The van der Waals surface area contributed by atoms with Crippen LogP contribution in [0.1, 0.15) is 16.1 Å². The van der Waals surface area contributed by atoms with Crippen molar-refractivity contribution in [3.8, 4) is 5.75 Å². The van der Waals surface area contributed by atoms with E-state index in [9.17, 15) is 14.7 Å². The molecule has 0 radical (unpaired) electrons. The van der Waals surface area contributed by atoms with Gasteiger partial charge in [-0.15, -0.1) is 0 Å². The SMILES string of the molecule is COc1ccc(Cn2nc(C(=O)O)c3ccccc3c2=O)cc1Br. The number of carboxylic acid groups (broad SMARTS) is 1. The second-order valence-electron chi connectivity index (χ2n) is 5.13. The lowest BCUT2D eigenvalue weighted by Crippen LogP contribution is -2.26. The van der Waals surface area contributed by atoms with E-state index in [2.05, 4.69) is 21.0 Å². The molecule has 0 aliphatic heterocycles. The Kier molecular flexibility index (Phi) is 4.35. The highest BCUT2D eigenvalue weighted by Gasteiger charge is 2.15. The van der Waals surface area contributed by atoms with Gasteiger partial charge in [0.05, 0.1) is 23.5 Å². The predicted molar refractivity (Wildman–Crippen MR) is 92.8 cm³/mol. The highest BCUT2D eigenvalue weighted by molar-refractivity contribution is 9.10. The summed E-state index contributed by atoms with van der Waals surface area (Å²) in [5, 5.41) is 14.1. The molecule has 1 aromatic heterocycles. The Morgan fingerprint density at radius 3 is 2.58 bits per heavy atom. The largest absolute Gasteiger partial charge is 0.496 e. The summed E-state index contributed by atoms with van der Waals surface area (Å²) >= 11 is 3.39. The highest BCUT2D eigenvalue weighted by Crippen LogP contribution is 2.25. The summed E-state index contributed by atoms with van der Waals surface area (Å²) < 4.78 is 7.09. The number of carbonyl (C=O) groups is 1. The lowest BCUT2D eigenvalue weighted by atomic mass is 10.1. The fourth-order valence-corrected chi connectivity index (χ4v) is 3.07. The highest BCUT2D eigenvalue weighted by atomic mass is 79.9. The third kappa shape index (κ3) is 2.90. The number of benzene rings is 2. The van der Waals surface area contributed by atoms with Crippen LogP contribution in [0.5, 0.6) is 5.75 Å². The van der Waals surface area contributed by atoms with Gasteiger partial charge < -0.3 is 9.84 Å². The molecular formula is C17H13BrN2O4. The number of nitrogens with zero attached hydrogens (tertiary/aromatic N) is 2. The van der Waals surface area contributed by atoms with Gasteiger partial charge in [0.15, 0.2) is 5.69 Å². The summed E-state index contributed by atoms with van der Waals surface area (Å²) in [5.41, 5.74) is 0.323. The summed E-state index contributed by atoms with van der Waals surface area (Å²) in [5.74, 6) is -0.500. The second-order valence-corrected chi connectivity index (χ2v) is 5.99. The third-order valence-corrected chi connectivity index (χ3v) is 4.24. The molecule has 6 nitrogen and oxygen atoms in total. The molecule has 122 valence electrons. The summed E-state index contributed by atoms with van der Waals surface area (Å²) in [7, 11) is 1.56. The van der Waals surface area contributed by atoms with Gasteiger partial charge in [-0.2, -0.15) is 5.10 Å². The van der Waals surface area contributed by atoms with Crippen molar-refractivity contribution < 1.29 is 14.6 Å². The van der Waals surface area contributed by atoms with Crippen LogP contribution in [0.4, 0.5) is 0 Å². The van der Waals surface area contributed by atoms with E-state index < -0.39 is 5.97 Å². The first-order valence-electron chi connectivity index (χ1n) is 7.07. The second kappa shape index (κ2) is 6.45. The van der Waals surface area contributed by atoms with Crippen molar-refractivity contribution in [2.24, 2.45) is 0 Å². The molecule has 7 heteroatoms. The van der Waals surface area contributed by atoms with E-state index in [4.69, 9.17) is 4.74 Å². The number of fused-ring (bicyclic) bond motifs is 1. The van der Waals surface area contributed by atoms with Crippen LogP contribution >= 0.6 is 15.9 Å². The first kappa shape index (κ1) is 16.2. The fraction of sp³-hybridized carbons (Fsp3) is 0.118. The average molecular weight is 389 g/mol. The maximum Gasteiger partial charge on any atom is 0.357 e. The van der Waals surface area contributed by atoms with Gasteiger partial charge in [0.25, 0.3) is 5.56 Å². The van der Waals surface area contributed by atoms with Crippen LogP contribution in [-0.2, 0) is 6.54 Å². The molecule has 3 aromatic rings. The summed E-state index contributed by atoms with van der Waals surface area (Å²) in [6.45, 7) is 0.159. The predicted octanol–water partition coefficient (Wildman–Crippen LogP) is 2.91. The van der Waals surface area contributed by atoms with E-state index in [1.54, 1.807) is 43.5 Å². The number of carboxylic acids is 1. The van der Waals surface area contributed by atoms with Gasteiger partial charge in [-0.05, 0) is 39.7 Å². The van der Waals surface area contributed by atoms with Crippen LogP contribution in [0.2, 0.25) is 0 Å². The Balaban J connectivity index is 2.13. The molecule has 0 atom stereocenters. The summed E-state index contributed by atoms with van der Waals surface area (Å²) in [4.78, 5) is 24.1. The van der Waals surface area contributed by atoms with Crippen molar-refractivity contribution in [3.63, 3.8) is 0 Å². The van der Waals surface area contributed by atoms with Gasteiger partial charge in [-0.1, -0.05) is 24.3 Å². The average Bonchev–Trinajstić information content (AvgIpc) is 2.57. The first-order chi connectivity index (χ1) is 11.5. The van der Waals surface area contributed by atoms with Crippen molar-refractivity contribution in [1.29, 1.82) is 0 Å². The summed E-state index contributed by atoms with van der Waals surface area (Å²) in [6.07, 6.45) is 0. The lowest BCUT2D eigenvalue weighted by molar-refractivity contribution is 0.0690. The normalized spacial score (nSPS) is 10.8. The molecule has 0 bridgehead atoms. The van der Waals surface area contributed by atoms with Gasteiger partial charge >= 0.3 is 5.97 Å². The van der Waals surface area contributed by atoms with Crippen molar-refractivity contribution in [2.45, 2.75) is 6.54 Å². The van der Waals surface area contributed by atoms with Crippen molar-refractivity contribution in [1.82, 2.24) is 9.78 Å². The molecule has 0 fully saturated rings. The third-order valence-electron chi connectivity index (χ3n) is 3.62. The van der Waals surface area contributed by atoms with E-state index in [1.807, 2.05) is 6.07 Å². The zero-order valence-electron chi connectivity index (χ0n) is 12.7. The maximum atomic E-state index is 12.6. The van der Waals surface area contributed by atoms with Gasteiger partial charge in [0, 0.05) is 5.39 Å². The smallest absolute Gasteiger partial charge is 0.357 e. The Morgan fingerprint density at radius 2 is 1.96 bits per heavy atom. The number of hydrogen-bond donors (Lipinski definition) is 1. The van der Waals surface area contributed by atoms with E-state index in [0.29, 0.717) is 16.5 Å². The minimum atomic E-state index is -1.17. The Bertz CT molecular complexity index is 998. The molecule has 0 saturated heterocycles. The van der Waals surface area contributed by atoms with Crippen molar-refractivity contribution in [3.05, 3.63) is 68.5 Å². The molecule has 1 heterocycles. The van der Waals surface area contributed by atoms with E-state index in [1.165, 1.54) is 4.68 Å². The molecule has 0 unspecified atom stereocenters. The van der Waals surface area contributed by atoms with Gasteiger partial charge in [0.2, 0.25) is 0 Å². The van der Waals surface area contributed by atoms with Crippen molar-refractivity contribution >= 4 is 32.7 Å². The molecule has 2 aromatic carbocycles. The van der Waals surface area contributed by atoms with E-state index in [-0.39, 0.29) is 17.8 Å². The molecule has 3 rings (SSSR count). The number of ether oxygens (including phenoxy) is 1. The number of aromatic nitrogens is 2. The van der Waals surface area contributed by atoms with Crippen LogP contribution in [-0.4, -0.2) is 28.0 Å². The quantitative estimate of drug-likeness (QED) is 0.742. The molecule has 0 aliphatic carbocycles. The maximum absolute atomic E-state index is 12.6.